The quantitative estimate of drug-likeness (QED) is 0.565. The molecular formula is C25H24N2O6. The van der Waals surface area contributed by atoms with Crippen LogP contribution >= 0.6 is 0 Å². The van der Waals surface area contributed by atoms with Gasteiger partial charge in [0.1, 0.15) is 5.75 Å². The van der Waals surface area contributed by atoms with Crippen molar-refractivity contribution >= 4 is 11.7 Å². The smallest absolute Gasteiger partial charge is 0.319 e. The van der Waals surface area contributed by atoms with Gasteiger partial charge in [-0.15, -0.1) is 0 Å². The van der Waals surface area contributed by atoms with Gasteiger partial charge in [0.05, 0.1) is 7.11 Å². The molecule has 5 rings (SSSR count). The van der Waals surface area contributed by atoms with Crippen molar-refractivity contribution in [3.8, 4) is 28.7 Å². The summed E-state index contributed by atoms with van der Waals surface area (Å²) in [6.45, 7) is 0.411. The summed E-state index contributed by atoms with van der Waals surface area (Å²) in [7, 11) is 1.64. The fourth-order valence-corrected chi connectivity index (χ4v) is 3.90. The van der Waals surface area contributed by atoms with E-state index in [4.69, 9.17) is 23.7 Å². The molecule has 3 aromatic carbocycles. The number of urea groups is 1. The van der Waals surface area contributed by atoms with Gasteiger partial charge in [0.25, 0.3) is 0 Å². The Balaban J connectivity index is 1.30. The predicted molar refractivity (Wildman–Crippen MR) is 121 cm³/mol. The Labute approximate surface area is 191 Å². The van der Waals surface area contributed by atoms with E-state index >= 15 is 0 Å². The van der Waals surface area contributed by atoms with Crippen molar-refractivity contribution in [3.63, 3.8) is 0 Å². The molecule has 2 aliphatic heterocycles. The first-order chi connectivity index (χ1) is 16.2. The number of rotatable bonds is 7. The van der Waals surface area contributed by atoms with Crippen LogP contribution in [0.15, 0.2) is 60.7 Å². The highest BCUT2D eigenvalue weighted by Crippen LogP contribution is 2.34. The Kier molecular flexibility index (Phi) is 5.80. The van der Waals surface area contributed by atoms with E-state index in [1.807, 2.05) is 42.5 Å². The molecular weight excluding hydrogens is 424 g/mol. The lowest BCUT2D eigenvalue weighted by atomic mass is 9.98. The van der Waals surface area contributed by atoms with Crippen molar-refractivity contribution < 1.29 is 28.5 Å². The molecule has 0 aliphatic carbocycles. The average molecular weight is 448 g/mol. The molecule has 2 aliphatic rings. The van der Waals surface area contributed by atoms with Crippen molar-refractivity contribution in [2.24, 2.45) is 0 Å². The molecule has 0 saturated heterocycles. The van der Waals surface area contributed by atoms with Gasteiger partial charge in [-0.1, -0.05) is 18.2 Å². The fraction of sp³-hybridized carbons (Fsp3) is 0.240. The van der Waals surface area contributed by atoms with Gasteiger partial charge in [0, 0.05) is 17.8 Å². The number of hydrogen-bond donors (Lipinski definition) is 2. The summed E-state index contributed by atoms with van der Waals surface area (Å²) >= 11 is 0. The van der Waals surface area contributed by atoms with Crippen LogP contribution in [0, 0.1) is 0 Å². The molecule has 8 nitrogen and oxygen atoms in total. The van der Waals surface area contributed by atoms with Gasteiger partial charge in [-0.2, -0.15) is 0 Å². The van der Waals surface area contributed by atoms with Gasteiger partial charge in [-0.3, -0.25) is 0 Å². The van der Waals surface area contributed by atoms with E-state index in [0.29, 0.717) is 30.0 Å². The molecule has 33 heavy (non-hydrogen) atoms. The molecule has 2 amide bonds. The first-order valence-electron chi connectivity index (χ1n) is 10.6. The molecule has 2 N–H and O–H groups in total. The summed E-state index contributed by atoms with van der Waals surface area (Å²) in [6, 6.07) is 18.5. The van der Waals surface area contributed by atoms with E-state index in [1.165, 1.54) is 0 Å². The molecule has 2 heterocycles. The molecule has 0 bridgehead atoms. The number of amides is 2. The minimum absolute atomic E-state index is 0.159. The number of carbonyl (C=O) groups is 1. The van der Waals surface area contributed by atoms with E-state index in [-0.39, 0.29) is 25.7 Å². The van der Waals surface area contributed by atoms with Gasteiger partial charge in [0.2, 0.25) is 13.6 Å². The molecule has 0 radical (unpaired) electrons. The van der Waals surface area contributed by atoms with Crippen molar-refractivity contribution in [3.05, 3.63) is 71.8 Å². The number of carbonyl (C=O) groups excluding carboxylic acids is 1. The molecule has 170 valence electrons. The van der Waals surface area contributed by atoms with Crippen molar-refractivity contribution in [1.29, 1.82) is 0 Å². The van der Waals surface area contributed by atoms with Crippen LogP contribution in [0.3, 0.4) is 0 Å². The molecule has 3 aromatic rings. The SMILES string of the molecule is COc1ccc(CC(Cc2ccc3c(c2)OCO3)NC(=O)Nc2ccc3c(c2)OCO3)cc1. The maximum absolute atomic E-state index is 12.8. The zero-order valence-corrected chi connectivity index (χ0v) is 18.1. The number of benzene rings is 3. The van der Waals surface area contributed by atoms with Crippen molar-refractivity contribution in [1.82, 2.24) is 5.32 Å². The molecule has 0 fully saturated rings. The van der Waals surface area contributed by atoms with Crippen LogP contribution in [0.2, 0.25) is 0 Å². The van der Waals surface area contributed by atoms with Crippen LogP contribution in [-0.4, -0.2) is 32.8 Å². The van der Waals surface area contributed by atoms with E-state index in [1.54, 1.807) is 25.3 Å². The maximum atomic E-state index is 12.8. The summed E-state index contributed by atoms with van der Waals surface area (Å²) < 4.78 is 26.9. The summed E-state index contributed by atoms with van der Waals surface area (Å²) in [4.78, 5) is 12.8. The third-order valence-electron chi connectivity index (χ3n) is 5.53. The lowest BCUT2D eigenvalue weighted by Crippen LogP contribution is -2.40. The topological polar surface area (TPSA) is 87.3 Å². The number of nitrogens with one attached hydrogen (secondary N) is 2. The highest BCUT2D eigenvalue weighted by molar-refractivity contribution is 5.90. The van der Waals surface area contributed by atoms with E-state index < -0.39 is 0 Å². The number of hydrogen-bond acceptors (Lipinski definition) is 6. The van der Waals surface area contributed by atoms with E-state index in [2.05, 4.69) is 10.6 Å². The van der Waals surface area contributed by atoms with Crippen LogP contribution in [0.5, 0.6) is 28.7 Å². The number of fused-ring (bicyclic) bond motifs is 2. The molecule has 1 atom stereocenters. The highest BCUT2D eigenvalue weighted by Gasteiger charge is 2.19. The van der Waals surface area contributed by atoms with E-state index in [0.717, 1.165) is 28.4 Å². The Morgan fingerprint density at radius 1 is 0.818 bits per heavy atom. The normalized spacial score (nSPS) is 14.0. The van der Waals surface area contributed by atoms with Gasteiger partial charge in [0.15, 0.2) is 23.0 Å². The van der Waals surface area contributed by atoms with Crippen LogP contribution < -0.4 is 34.3 Å². The lowest BCUT2D eigenvalue weighted by molar-refractivity contribution is 0.173. The predicted octanol–water partition coefficient (Wildman–Crippen LogP) is 4.13. The monoisotopic (exact) mass is 448 g/mol. The molecule has 0 saturated carbocycles. The third-order valence-corrected chi connectivity index (χ3v) is 5.53. The summed E-state index contributed by atoms with van der Waals surface area (Å²) in [5, 5.41) is 5.98. The largest absolute Gasteiger partial charge is 0.497 e. The lowest BCUT2D eigenvalue weighted by Gasteiger charge is -2.20. The Morgan fingerprint density at radius 3 is 2.15 bits per heavy atom. The van der Waals surface area contributed by atoms with Crippen LogP contribution in [-0.2, 0) is 12.8 Å². The van der Waals surface area contributed by atoms with Crippen molar-refractivity contribution in [2.45, 2.75) is 18.9 Å². The minimum Gasteiger partial charge on any atom is -0.497 e. The second-order valence-corrected chi connectivity index (χ2v) is 7.81. The first kappa shape index (κ1) is 20.8. The minimum atomic E-state index is -0.298. The summed E-state index contributed by atoms with van der Waals surface area (Å²) in [5.74, 6) is 3.53. The number of methoxy groups -OCH3 is 1. The zero-order chi connectivity index (χ0) is 22.6. The first-order valence-corrected chi connectivity index (χ1v) is 10.6. The average Bonchev–Trinajstić information content (AvgIpc) is 3.48. The molecule has 0 spiro atoms. The Morgan fingerprint density at radius 2 is 1.42 bits per heavy atom. The van der Waals surface area contributed by atoms with Crippen molar-refractivity contribution in [2.75, 3.05) is 26.0 Å². The fourth-order valence-electron chi connectivity index (χ4n) is 3.90. The standard InChI is InChI=1S/C25H24N2O6/c1-29-20-6-2-16(3-7-20)10-19(11-17-4-8-21-23(12-17)32-14-30-21)27-25(28)26-18-5-9-22-24(13-18)33-15-31-22/h2-9,12-13,19H,10-11,14-15H2,1H3,(H2,26,27,28). The van der Waals surface area contributed by atoms with E-state index in [9.17, 15) is 4.79 Å². The van der Waals surface area contributed by atoms with Crippen LogP contribution in [0.25, 0.3) is 0 Å². The Hall–Kier alpha value is -4.07. The second kappa shape index (κ2) is 9.20. The maximum Gasteiger partial charge on any atom is 0.319 e. The van der Waals surface area contributed by atoms with Gasteiger partial charge in [-0.05, 0) is 60.4 Å². The zero-order valence-electron chi connectivity index (χ0n) is 18.1. The van der Waals surface area contributed by atoms with Crippen LogP contribution in [0.1, 0.15) is 11.1 Å². The number of ether oxygens (including phenoxy) is 5. The van der Waals surface area contributed by atoms with Crippen LogP contribution in [0.4, 0.5) is 10.5 Å². The second-order valence-electron chi connectivity index (χ2n) is 7.81. The molecule has 8 heteroatoms. The summed E-state index contributed by atoms with van der Waals surface area (Å²) in [5.41, 5.74) is 2.76. The molecule has 1 unspecified atom stereocenters. The van der Waals surface area contributed by atoms with Gasteiger partial charge in [-0.25, -0.2) is 4.79 Å². The van der Waals surface area contributed by atoms with Gasteiger partial charge < -0.3 is 34.3 Å². The summed E-state index contributed by atoms with van der Waals surface area (Å²) in [6.07, 6.45) is 1.27. The third kappa shape index (κ3) is 4.90. The highest BCUT2D eigenvalue weighted by atomic mass is 16.7. The number of anilines is 1. The van der Waals surface area contributed by atoms with Gasteiger partial charge >= 0.3 is 6.03 Å². The Bertz CT molecular complexity index is 1150. The molecule has 0 aromatic heterocycles.